The third-order valence-electron chi connectivity index (χ3n) is 3.12. The zero-order valence-corrected chi connectivity index (χ0v) is 13.7. The predicted molar refractivity (Wildman–Crippen MR) is 81.0 cm³/mol. The van der Waals surface area contributed by atoms with E-state index in [0.29, 0.717) is 16.8 Å². The molecule has 0 atom stereocenters. The van der Waals surface area contributed by atoms with Gasteiger partial charge in [0.2, 0.25) is 0 Å². The summed E-state index contributed by atoms with van der Waals surface area (Å²) < 4.78 is 9.94. The van der Waals surface area contributed by atoms with E-state index in [1.807, 2.05) is 0 Å². The number of carbonyl (C=O) groups is 3. The number of Topliss-reactive ketones (excluding diaryl/α,β-unsaturated/α-hetero) is 1. The van der Waals surface area contributed by atoms with Crippen LogP contribution < -0.4 is 0 Å². The van der Waals surface area contributed by atoms with Crippen molar-refractivity contribution in [1.29, 1.82) is 0 Å². The van der Waals surface area contributed by atoms with Gasteiger partial charge in [-0.2, -0.15) is 0 Å². The van der Waals surface area contributed by atoms with Crippen molar-refractivity contribution in [3.05, 3.63) is 22.5 Å². The standard InChI is InChI=1S/C16H23NO5/c1-6-21-16(20)15-10(4)14(11(5)17-15)12(18)7-8-13(19)22-9(2)3/h9,17H,6-8H2,1-5H3. The monoisotopic (exact) mass is 309 g/mol. The number of ether oxygens (including phenoxy) is 2. The van der Waals surface area contributed by atoms with E-state index < -0.39 is 11.9 Å². The Morgan fingerprint density at radius 2 is 1.77 bits per heavy atom. The van der Waals surface area contributed by atoms with Gasteiger partial charge in [0.15, 0.2) is 5.78 Å². The summed E-state index contributed by atoms with van der Waals surface area (Å²) in [7, 11) is 0. The minimum atomic E-state index is -0.485. The number of H-pyrrole nitrogens is 1. The molecule has 0 aromatic carbocycles. The molecule has 0 aliphatic heterocycles. The fourth-order valence-corrected chi connectivity index (χ4v) is 2.24. The second kappa shape index (κ2) is 7.77. The Hall–Kier alpha value is -2.11. The molecule has 22 heavy (non-hydrogen) atoms. The number of nitrogens with one attached hydrogen (secondary N) is 1. The number of aryl methyl sites for hydroxylation is 1. The van der Waals surface area contributed by atoms with E-state index in [1.165, 1.54) is 0 Å². The summed E-state index contributed by atoms with van der Waals surface area (Å²) >= 11 is 0. The molecule has 0 aliphatic carbocycles. The molecule has 0 amide bonds. The Labute approximate surface area is 130 Å². The highest BCUT2D eigenvalue weighted by Crippen LogP contribution is 2.21. The van der Waals surface area contributed by atoms with Crippen molar-refractivity contribution < 1.29 is 23.9 Å². The smallest absolute Gasteiger partial charge is 0.355 e. The maximum atomic E-state index is 12.3. The molecule has 1 aromatic rings. The number of carbonyl (C=O) groups excluding carboxylic acids is 3. The van der Waals surface area contributed by atoms with Crippen LogP contribution in [0.2, 0.25) is 0 Å². The van der Waals surface area contributed by atoms with Crippen LogP contribution >= 0.6 is 0 Å². The lowest BCUT2D eigenvalue weighted by atomic mass is 10.0. The largest absolute Gasteiger partial charge is 0.463 e. The van der Waals surface area contributed by atoms with Crippen molar-refractivity contribution in [2.75, 3.05) is 6.61 Å². The Morgan fingerprint density at radius 3 is 2.32 bits per heavy atom. The Morgan fingerprint density at radius 1 is 1.14 bits per heavy atom. The molecule has 122 valence electrons. The van der Waals surface area contributed by atoms with E-state index in [1.54, 1.807) is 34.6 Å². The van der Waals surface area contributed by atoms with Crippen LogP contribution in [-0.2, 0) is 14.3 Å². The lowest BCUT2D eigenvalue weighted by Gasteiger charge is -2.07. The molecule has 0 unspecified atom stereocenters. The van der Waals surface area contributed by atoms with Crippen LogP contribution in [0.3, 0.4) is 0 Å². The second-order valence-corrected chi connectivity index (χ2v) is 5.31. The molecule has 1 heterocycles. The Balaban J connectivity index is 2.82. The molecule has 6 nitrogen and oxygen atoms in total. The SMILES string of the molecule is CCOC(=O)c1[nH]c(C)c(C(=O)CCC(=O)OC(C)C)c1C. The van der Waals surface area contributed by atoms with Crippen LogP contribution in [-0.4, -0.2) is 35.4 Å². The molecule has 0 spiro atoms. The van der Waals surface area contributed by atoms with Gasteiger partial charge in [-0.15, -0.1) is 0 Å². The first-order valence-electron chi connectivity index (χ1n) is 7.36. The summed E-state index contributed by atoms with van der Waals surface area (Å²) in [5.74, 6) is -1.08. The third-order valence-corrected chi connectivity index (χ3v) is 3.12. The number of aromatic amines is 1. The zero-order chi connectivity index (χ0) is 16.9. The van der Waals surface area contributed by atoms with E-state index >= 15 is 0 Å². The summed E-state index contributed by atoms with van der Waals surface area (Å²) in [4.78, 5) is 38.5. The molecule has 0 bridgehead atoms. The van der Waals surface area contributed by atoms with Crippen LogP contribution in [0.4, 0.5) is 0 Å². The highest BCUT2D eigenvalue weighted by molar-refractivity contribution is 6.03. The third kappa shape index (κ3) is 4.44. The summed E-state index contributed by atoms with van der Waals surface area (Å²) in [6.07, 6.45) is -0.128. The first-order chi connectivity index (χ1) is 10.3. The predicted octanol–water partition coefficient (Wildman–Crippen LogP) is 2.72. The van der Waals surface area contributed by atoms with Gasteiger partial charge in [-0.3, -0.25) is 9.59 Å². The zero-order valence-electron chi connectivity index (χ0n) is 13.7. The number of hydrogen-bond acceptors (Lipinski definition) is 5. The minimum absolute atomic E-state index is 0.0236. The van der Waals surface area contributed by atoms with E-state index in [2.05, 4.69) is 4.98 Å². The minimum Gasteiger partial charge on any atom is -0.463 e. The molecule has 1 aromatic heterocycles. The van der Waals surface area contributed by atoms with Gasteiger partial charge >= 0.3 is 11.9 Å². The van der Waals surface area contributed by atoms with Crippen molar-refractivity contribution in [1.82, 2.24) is 4.98 Å². The number of aromatic nitrogens is 1. The number of ketones is 1. The molecule has 0 aliphatic rings. The Bertz CT molecular complexity index is 571. The summed E-state index contributed by atoms with van der Waals surface area (Å²) in [6, 6.07) is 0. The van der Waals surface area contributed by atoms with Gasteiger partial charge in [-0.1, -0.05) is 0 Å². The fraction of sp³-hybridized carbons (Fsp3) is 0.562. The fourth-order valence-electron chi connectivity index (χ4n) is 2.24. The van der Waals surface area contributed by atoms with Gasteiger partial charge < -0.3 is 14.5 Å². The van der Waals surface area contributed by atoms with Gasteiger partial charge in [-0.05, 0) is 40.2 Å². The summed E-state index contributed by atoms with van der Waals surface area (Å²) in [5, 5.41) is 0. The molecule has 0 radical (unpaired) electrons. The van der Waals surface area contributed by atoms with Crippen LogP contribution in [0.5, 0.6) is 0 Å². The molecular formula is C16H23NO5. The van der Waals surface area contributed by atoms with Gasteiger partial charge in [0, 0.05) is 17.7 Å². The molecule has 0 fully saturated rings. The van der Waals surface area contributed by atoms with Crippen molar-refractivity contribution in [2.24, 2.45) is 0 Å². The topological polar surface area (TPSA) is 85.5 Å². The molecule has 0 saturated carbocycles. The lowest BCUT2D eigenvalue weighted by molar-refractivity contribution is -0.147. The highest BCUT2D eigenvalue weighted by atomic mass is 16.5. The highest BCUT2D eigenvalue weighted by Gasteiger charge is 2.23. The molecule has 1 rings (SSSR count). The first kappa shape index (κ1) is 17.9. The van der Waals surface area contributed by atoms with Gasteiger partial charge in [-0.25, -0.2) is 4.79 Å². The van der Waals surface area contributed by atoms with Crippen molar-refractivity contribution in [3.63, 3.8) is 0 Å². The maximum absolute atomic E-state index is 12.3. The van der Waals surface area contributed by atoms with Crippen molar-refractivity contribution in [2.45, 2.75) is 53.6 Å². The van der Waals surface area contributed by atoms with Crippen LogP contribution in [0, 0.1) is 13.8 Å². The van der Waals surface area contributed by atoms with E-state index in [9.17, 15) is 14.4 Å². The van der Waals surface area contributed by atoms with Crippen LogP contribution in [0.25, 0.3) is 0 Å². The van der Waals surface area contributed by atoms with Crippen LogP contribution in [0.15, 0.2) is 0 Å². The lowest BCUT2D eigenvalue weighted by Crippen LogP contribution is -2.13. The van der Waals surface area contributed by atoms with Crippen molar-refractivity contribution in [3.8, 4) is 0 Å². The molecule has 6 heteroatoms. The molecule has 0 saturated heterocycles. The average Bonchev–Trinajstić information content (AvgIpc) is 2.71. The van der Waals surface area contributed by atoms with Crippen LogP contribution in [0.1, 0.15) is 65.7 Å². The van der Waals surface area contributed by atoms with Crippen molar-refractivity contribution >= 4 is 17.7 Å². The van der Waals surface area contributed by atoms with Gasteiger partial charge in [0.05, 0.1) is 19.1 Å². The summed E-state index contributed by atoms with van der Waals surface area (Å²) in [6.45, 7) is 8.90. The van der Waals surface area contributed by atoms with Gasteiger partial charge in [0.1, 0.15) is 5.69 Å². The van der Waals surface area contributed by atoms with E-state index in [0.717, 1.165) is 0 Å². The quantitative estimate of drug-likeness (QED) is 0.618. The van der Waals surface area contributed by atoms with Gasteiger partial charge in [0.25, 0.3) is 0 Å². The molecule has 1 N–H and O–H groups in total. The number of hydrogen-bond donors (Lipinski definition) is 1. The Kier molecular flexibility index (Phi) is 6.34. The number of rotatable bonds is 7. The number of esters is 2. The normalized spacial score (nSPS) is 10.6. The maximum Gasteiger partial charge on any atom is 0.355 e. The van der Waals surface area contributed by atoms with E-state index in [4.69, 9.17) is 9.47 Å². The first-order valence-corrected chi connectivity index (χ1v) is 7.36. The molecular weight excluding hydrogens is 286 g/mol. The average molecular weight is 309 g/mol. The summed E-state index contributed by atoms with van der Waals surface area (Å²) in [5.41, 5.74) is 1.88. The second-order valence-electron chi connectivity index (χ2n) is 5.31. The van der Waals surface area contributed by atoms with E-state index in [-0.39, 0.29) is 37.0 Å².